The van der Waals surface area contributed by atoms with Gasteiger partial charge < -0.3 is 9.72 Å². The monoisotopic (exact) mass is 612 g/mol. The Morgan fingerprint density at radius 1 is 0.973 bits per heavy atom. The zero-order valence-corrected chi connectivity index (χ0v) is 23.0. The van der Waals surface area contributed by atoms with E-state index in [1.165, 1.54) is 16.7 Å². The number of anilines is 1. The second-order valence-corrected chi connectivity index (χ2v) is 12.2. The van der Waals surface area contributed by atoms with Crippen molar-refractivity contribution >= 4 is 68.1 Å². The standard InChI is InChI=1S/C27H18BrClN2O4S2/c28-15-6-11-19(35-13-14-4-2-1-3-5-14)18(12-15)20-21-23(36-24-22(20)37-27(34)30-24)26(33)31(25(21)32)17-9-7-16(29)8-10-17/h1-12,20-21,23H,13H2,(H,30,34). The number of halogens is 2. The molecule has 0 aliphatic carbocycles. The maximum atomic E-state index is 13.9. The van der Waals surface area contributed by atoms with E-state index in [4.69, 9.17) is 16.3 Å². The van der Waals surface area contributed by atoms with Gasteiger partial charge in [0.2, 0.25) is 11.8 Å². The topological polar surface area (TPSA) is 79.5 Å². The minimum atomic E-state index is -0.708. The number of fused-ring (bicyclic) bond motifs is 2. The van der Waals surface area contributed by atoms with Gasteiger partial charge in [0.15, 0.2) is 0 Å². The lowest BCUT2D eigenvalue weighted by atomic mass is 9.82. The summed E-state index contributed by atoms with van der Waals surface area (Å²) in [6.07, 6.45) is 0. The summed E-state index contributed by atoms with van der Waals surface area (Å²) in [5.74, 6) is -1.27. The Hall–Kier alpha value is -2.85. The number of aromatic amines is 1. The minimum absolute atomic E-state index is 0.223. The molecule has 0 radical (unpaired) electrons. The molecule has 3 unspecified atom stereocenters. The molecule has 2 amide bonds. The molecule has 0 bridgehead atoms. The maximum Gasteiger partial charge on any atom is 0.305 e. The first kappa shape index (κ1) is 24.5. The molecule has 0 saturated carbocycles. The van der Waals surface area contributed by atoms with Gasteiger partial charge in [0.1, 0.15) is 17.6 Å². The number of nitrogens with one attached hydrogen (secondary N) is 1. The number of hydrogen-bond donors (Lipinski definition) is 1. The van der Waals surface area contributed by atoms with Crippen molar-refractivity contribution in [1.29, 1.82) is 0 Å². The second-order valence-electron chi connectivity index (χ2n) is 8.69. The van der Waals surface area contributed by atoms with Crippen molar-refractivity contribution in [3.05, 3.63) is 108 Å². The van der Waals surface area contributed by atoms with E-state index < -0.39 is 17.1 Å². The summed E-state index contributed by atoms with van der Waals surface area (Å²) in [7, 11) is 0. The molecule has 4 aromatic rings. The number of ether oxygens (including phenoxy) is 1. The third-order valence-electron chi connectivity index (χ3n) is 6.45. The van der Waals surface area contributed by atoms with Crippen LogP contribution < -0.4 is 14.5 Å². The van der Waals surface area contributed by atoms with Crippen molar-refractivity contribution in [3.8, 4) is 5.75 Å². The quantitative estimate of drug-likeness (QED) is 0.270. The van der Waals surface area contributed by atoms with Gasteiger partial charge in [-0.3, -0.25) is 14.4 Å². The van der Waals surface area contributed by atoms with Crippen molar-refractivity contribution in [1.82, 2.24) is 4.98 Å². The highest BCUT2D eigenvalue weighted by Gasteiger charge is 2.56. The highest BCUT2D eigenvalue weighted by Crippen LogP contribution is 2.54. The SMILES string of the molecule is O=C1C2Sc3[nH]c(=O)sc3C(c3cc(Br)ccc3OCc3ccccc3)C2C(=O)N1c1ccc(Cl)cc1. The van der Waals surface area contributed by atoms with Gasteiger partial charge in [-0.25, -0.2) is 4.90 Å². The molecule has 3 heterocycles. The fourth-order valence-corrected chi connectivity index (χ4v) is 7.84. The second kappa shape index (κ2) is 9.79. The Labute approximate surface area is 233 Å². The smallest absolute Gasteiger partial charge is 0.305 e. The molecule has 1 fully saturated rings. The predicted octanol–water partition coefficient (Wildman–Crippen LogP) is 6.23. The first-order valence-electron chi connectivity index (χ1n) is 11.4. The van der Waals surface area contributed by atoms with Crippen LogP contribution >= 0.6 is 50.6 Å². The van der Waals surface area contributed by atoms with E-state index >= 15 is 0 Å². The first-order valence-corrected chi connectivity index (χ1v) is 14.3. The maximum absolute atomic E-state index is 13.9. The Morgan fingerprint density at radius 2 is 1.73 bits per heavy atom. The molecule has 3 aromatic carbocycles. The number of nitrogens with zero attached hydrogens (tertiary/aromatic N) is 1. The number of amides is 2. The lowest BCUT2D eigenvalue weighted by Gasteiger charge is -2.31. The fourth-order valence-electron chi connectivity index (χ4n) is 4.83. The summed E-state index contributed by atoms with van der Waals surface area (Å²) < 4.78 is 7.06. The van der Waals surface area contributed by atoms with Gasteiger partial charge in [-0.1, -0.05) is 81.0 Å². The summed E-state index contributed by atoms with van der Waals surface area (Å²) in [5, 5.41) is 0.447. The molecule has 2 aliphatic rings. The van der Waals surface area contributed by atoms with Gasteiger partial charge in [-0.2, -0.15) is 0 Å². The van der Waals surface area contributed by atoms with Gasteiger partial charge in [0.25, 0.3) is 0 Å². The highest BCUT2D eigenvalue weighted by atomic mass is 79.9. The van der Waals surface area contributed by atoms with Crippen LogP contribution in [0.3, 0.4) is 0 Å². The van der Waals surface area contributed by atoms with E-state index in [1.54, 1.807) is 24.3 Å². The molecule has 3 atom stereocenters. The van der Waals surface area contributed by atoms with E-state index in [9.17, 15) is 14.4 Å². The Bertz CT molecular complexity index is 1570. The Balaban J connectivity index is 1.45. The first-order chi connectivity index (χ1) is 17.9. The van der Waals surface area contributed by atoms with E-state index in [0.29, 0.717) is 28.1 Å². The molecular weight excluding hydrogens is 596 g/mol. The minimum Gasteiger partial charge on any atom is -0.489 e. The van der Waals surface area contributed by atoms with Crippen LogP contribution in [0.4, 0.5) is 5.69 Å². The van der Waals surface area contributed by atoms with Gasteiger partial charge in [0, 0.05) is 25.9 Å². The number of H-pyrrole nitrogens is 1. The number of benzene rings is 3. The summed E-state index contributed by atoms with van der Waals surface area (Å²) >= 11 is 11.9. The third kappa shape index (κ3) is 4.44. The van der Waals surface area contributed by atoms with Gasteiger partial charge in [0.05, 0.1) is 16.6 Å². The number of thioether (sulfide) groups is 1. The van der Waals surface area contributed by atoms with Gasteiger partial charge >= 0.3 is 4.87 Å². The number of hydrogen-bond acceptors (Lipinski definition) is 6. The third-order valence-corrected chi connectivity index (χ3v) is 9.60. The van der Waals surface area contributed by atoms with Crippen LogP contribution in [0, 0.1) is 5.92 Å². The van der Waals surface area contributed by atoms with Crippen molar-refractivity contribution in [2.24, 2.45) is 5.92 Å². The van der Waals surface area contributed by atoms with Crippen LogP contribution in [0.15, 0.2) is 87.1 Å². The molecule has 186 valence electrons. The normalized spacial score (nSPS) is 20.6. The van der Waals surface area contributed by atoms with Crippen LogP contribution in [0.2, 0.25) is 5.02 Å². The van der Waals surface area contributed by atoms with E-state index in [-0.39, 0.29) is 16.7 Å². The van der Waals surface area contributed by atoms with Crippen LogP contribution in [-0.2, 0) is 16.2 Å². The van der Waals surface area contributed by atoms with Crippen molar-refractivity contribution in [3.63, 3.8) is 0 Å². The van der Waals surface area contributed by atoms with Crippen LogP contribution in [0.25, 0.3) is 0 Å². The summed E-state index contributed by atoms with van der Waals surface area (Å²) in [6, 6.07) is 22.1. The average Bonchev–Trinajstić information content (AvgIpc) is 3.39. The molecule has 1 aromatic heterocycles. The van der Waals surface area contributed by atoms with Gasteiger partial charge in [-0.05, 0) is 48.0 Å². The zero-order valence-electron chi connectivity index (χ0n) is 19.0. The Morgan fingerprint density at radius 3 is 2.49 bits per heavy atom. The molecule has 10 heteroatoms. The van der Waals surface area contributed by atoms with E-state index in [2.05, 4.69) is 20.9 Å². The lowest BCUT2D eigenvalue weighted by Crippen LogP contribution is -2.32. The van der Waals surface area contributed by atoms with Crippen LogP contribution in [-0.4, -0.2) is 22.0 Å². The molecular formula is C27H18BrClN2O4S2. The number of carbonyl (C=O) groups excluding carboxylic acids is 2. The largest absolute Gasteiger partial charge is 0.489 e. The number of imide groups is 1. The van der Waals surface area contributed by atoms with Crippen LogP contribution in [0.5, 0.6) is 5.75 Å². The number of thiazole rings is 1. The molecule has 6 nitrogen and oxygen atoms in total. The van der Waals surface area contributed by atoms with Crippen LogP contribution in [0.1, 0.15) is 21.9 Å². The highest BCUT2D eigenvalue weighted by molar-refractivity contribution is 9.10. The van der Waals surface area contributed by atoms with E-state index in [1.807, 2.05) is 48.5 Å². The molecule has 1 saturated heterocycles. The molecule has 37 heavy (non-hydrogen) atoms. The molecule has 1 N–H and O–H groups in total. The van der Waals surface area contributed by atoms with Crippen molar-refractivity contribution < 1.29 is 14.3 Å². The summed E-state index contributed by atoms with van der Waals surface area (Å²) in [5.41, 5.74) is 2.22. The van der Waals surface area contributed by atoms with E-state index in [0.717, 1.165) is 31.8 Å². The van der Waals surface area contributed by atoms with Crippen molar-refractivity contribution in [2.75, 3.05) is 4.90 Å². The number of carbonyl (C=O) groups is 2. The van der Waals surface area contributed by atoms with Gasteiger partial charge in [-0.15, -0.1) is 0 Å². The molecule has 0 spiro atoms. The zero-order chi connectivity index (χ0) is 25.7. The fraction of sp³-hybridized carbons (Fsp3) is 0.148. The van der Waals surface area contributed by atoms with Crippen molar-refractivity contribution in [2.45, 2.75) is 22.8 Å². The summed E-state index contributed by atoms with van der Waals surface area (Å²) in [4.78, 5) is 44.6. The molecule has 6 rings (SSSR count). The Kier molecular flexibility index (Phi) is 6.48. The summed E-state index contributed by atoms with van der Waals surface area (Å²) in [6.45, 7) is 0.338. The number of aromatic nitrogens is 1. The average molecular weight is 614 g/mol. The number of rotatable bonds is 5. The predicted molar refractivity (Wildman–Crippen MR) is 149 cm³/mol. The lowest BCUT2D eigenvalue weighted by molar-refractivity contribution is -0.122. The molecule has 2 aliphatic heterocycles.